The number of aryl methyl sites for hydroxylation is 1. The minimum Gasteiger partial charge on any atom is -0.497 e. The van der Waals surface area contributed by atoms with Gasteiger partial charge in [-0.05, 0) is 67.9 Å². The molecular formula is C30H35NO4. The molecule has 3 atom stereocenters. The normalized spacial score (nSPS) is 20.8. The van der Waals surface area contributed by atoms with Crippen LogP contribution in [0.2, 0.25) is 0 Å². The van der Waals surface area contributed by atoms with Crippen molar-refractivity contribution >= 4 is 11.8 Å². The Labute approximate surface area is 208 Å². The van der Waals surface area contributed by atoms with Crippen molar-refractivity contribution in [1.29, 1.82) is 0 Å². The molecule has 0 saturated heterocycles. The van der Waals surface area contributed by atoms with Crippen LogP contribution in [0, 0.1) is 0 Å². The number of methoxy groups -OCH3 is 1. The van der Waals surface area contributed by atoms with Crippen molar-refractivity contribution in [2.45, 2.75) is 71.3 Å². The van der Waals surface area contributed by atoms with Crippen LogP contribution in [0.4, 0.5) is 0 Å². The first-order valence-electron chi connectivity index (χ1n) is 12.5. The van der Waals surface area contributed by atoms with Crippen molar-refractivity contribution in [3.8, 4) is 5.75 Å². The van der Waals surface area contributed by atoms with Gasteiger partial charge in [-0.3, -0.25) is 4.79 Å². The quantitative estimate of drug-likeness (QED) is 0.503. The molecule has 35 heavy (non-hydrogen) atoms. The number of esters is 1. The van der Waals surface area contributed by atoms with Gasteiger partial charge in [0.1, 0.15) is 5.75 Å². The Bertz CT molecular complexity index is 1160. The van der Waals surface area contributed by atoms with E-state index < -0.39 is 5.92 Å². The van der Waals surface area contributed by atoms with E-state index in [1.165, 1.54) is 5.56 Å². The lowest BCUT2D eigenvalue weighted by Crippen LogP contribution is -2.36. The Morgan fingerprint density at radius 1 is 1.03 bits per heavy atom. The Morgan fingerprint density at radius 3 is 2.29 bits per heavy atom. The molecule has 1 aliphatic heterocycles. The van der Waals surface area contributed by atoms with Crippen LogP contribution >= 0.6 is 0 Å². The van der Waals surface area contributed by atoms with E-state index in [1.807, 2.05) is 57.2 Å². The molecule has 2 aliphatic rings. The molecule has 184 valence electrons. The van der Waals surface area contributed by atoms with Gasteiger partial charge in [0.25, 0.3) is 0 Å². The average molecular weight is 474 g/mol. The third kappa shape index (κ3) is 5.04. The topological polar surface area (TPSA) is 64.6 Å². The number of rotatable bonds is 7. The lowest BCUT2D eigenvalue weighted by Gasteiger charge is -2.37. The number of dihydropyridines is 1. The minimum atomic E-state index is -0.432. The fraction of sp³-hybridized carbons (Fsp3) is 0.400. The van der Waals surface area contributed by atoms with Gasteiger partial charge < -0.3 is 14.8 Å². The van der Waals surface area contributed by atoms with Gasteiger partial charge >= 0.3 is 5.97 Å². The molecule has 0 radical (unpaired) electrons. The first-order chi connectivity index (χ1) is 16.9. The van der Waals surface area contributed by atoms with Crippen LogP contribution in [0.1, 0.15) is 75.5 Å². The lowest BCUT2D eigenvalue weighted by atomic mass is 9.71. The number of benzene rings is 2. The number of ether oxygens (including phenoxy) is 2. The summed E-state index contributed by atoms with van der Waals surface area (Å²) in [6.45, 7) is 7.91. The highest BCUT2D eigenvalue weighted by Gasteiger charge is 2.41. The van der Waals surface area contributed by atoms with Gasteiger partial charge in [0.15, 0.2) is 5.78 Å². The average Bonchev–Trinajstić information content (AvgIpc) is 2.87. The lowest BCUT2D eigenvalue weighted by molar-refractivity contribution is -0.144. The highest BCUT2D eigenvalue weighted by Crippen LogP contribution is 2.46. The second kappa shape index (κ2) is 10.5. The fourth-order valence-corrected chi connectivity index (χ4v) is 5.03. The second-order valence-electron chi connectivity index (χ2n) is 9.51. The highest BCUT2D eigenvalue weighted by atomic mass is 16.5. The number of hydrogen-bond acceptors (Lipinski definition) is 5. The molecule has 0 fully saturated rings. The summed E-state index contributed by atoms with van der Waals surface area (Å²) in [5.74, 6) is 0.156. The van der Waals surface area contributed by atoms with Crippen LogP contribution in [0.25, 0.3) is 0 Å². The van der Waals surface area contributed by atoms with Crippen LogP contribution < -0.4 is 10.1 Å². The number of Topliss-reactive ketones (excluding diaryl/α,β-unsaturated/α-hetero) is 1. The maximum Gasteiger partial charge on any atom is 0.337 e. The predicted molar refractivity (Wildman–Crippen MR) is 137 cm³/mol. The molecule has 5 nitrogen and oxygen atoms in total. The number of carbonyl (C=O) groups excluding carboxylic acids is 2. The van der Waals surface area contributed by atoms with Crippen LogP contribution in [0.5, 0.6) is 5.75 Å². The van der Waals surface area contributed by atoms with Crippen molar-refractivity contribution < 1.29 is 19.1 Å². The smallest absolute Gasteiger partial charge is 0.337 e. The Morgan fingerprint density at radius 2 is 1.69 bits per heavy atom. The van der Waals surface area contributed by atoms with Crippen LogP contribution in [0.15, 0.2) is 71.1 Å². The van der Waals surface area contributed by atoms with E-state index in [4.69, 9.17) is 9.47 Å². The molecule has 1 N–H and O–H groups in total. The van der Waals surface area contributed by atoms with Crippen molar-refractivity contribution in [1.82, 2.24) is 5.32 Å². The Kier molecular flexibility index (Phi) is 7.44. The summed E-state index contributed by atoms with van der Waals surface area (Å²) in [6.07, 6.45) is 2.59. The maximum absolute atomic E-state index is 13.7. The standard InChI is InChI=1S/C30H35NO4/c1-6-18(3)35-30(33)27-19(4)31-25-16-23(21-12-14-24(34-5)15-13-21)17-26(32)29(25)28(27)22-10-8-20(7-2)9-11-22/h8-15,18,23,28,31H,6-7,16-17H2,1-5H3/t18-,23-,28+/m0/s1. The van der Waals surface area contributed by atoms with E-state index in [-0.39, 0.29) is 23.8 Å². The molecule has 2 aromatic rings. The van der Waals surface area contributed by atoms with Crippen molar-refractivity contribution in [2.75, 3.05) is 7.11 Å². The number of nitrogens with one attached hydrogen (secondary N) is 1. The molecule has 0 saturated carbocycles. The first-order valence-corrected chi connectivity index (χ1v) is 12.5. The zero-order valence-corrected chi connectivity index (χ0v) is 21.3. The molecule has 1 heterocycles. The summed E-state index contributed by atoms with van der Waals surface area (Å²) >= 11 is 0. The Balaban J connectivity index is 1.75. The van der Waals surface area contributed by atoms with E-state index in [2.05, 4.69) is 24.4 Å². The van der Waals surface area contributed by atoms with E-state index in [9.17, 15) is 9.59 Å². The maximum atomic E-state index is 13.7. The van der Waals surface area contributed by atoms with Gasteiger partial charge in [-0.15, -0.1) is 0 Å². The number of allylic oxidation sites excluding steroid dienone is 3. The summed E-state index contributed by atoms with van der Waals surface area (Å²) in [4.78, 5) is 27.0. The van der Waals surface area contributed by atoms with Crippen LogP contribution in [-0.2, 0) is 20.7 Å². The largest absolute Gasteiger partial charge is 0.497 e. The van der Waals surface area contributed by atoms with Crippen molar-refractivity contribution in [3.63, 3.8) is 0 Å². The van der Waals surface area contributed by atoms with Gasteiger partial charge in [0, 0.05) is 29.3 Å². The summed E-state index contributed by atoms with van der Waals surface area (Å²) in [7, 11) is 1.65. The Hall–Kier alpha value is -3.34. The molecule has 0 bridgehead atoms. The number of carbonyl (C=O) groups is 2. The third-order valence-corrected chi connectivity index (χ3v) is 7.24. The zero-order valence-electron chi connectivity index (χ0n) is 21.3. The fourth-order valence-electron chi connectivity index (χ4n) is 5.03. The molecule has 4 rings (SSSR count). The molecule has 2 aromatic carbocycles. The molecular weight excluding hydrogens is 438 g/mol. The number of ketones is 1. The summed E-state index contributed by atoms with van der Waals surface area (Å²) in [6, 6.07) is 16.2. The molecule has 5 heteroatoms. The number of hydrogen-bond donors (Lipinski definition) is 1. The molecule has 0 spiro atoms. The zero-order chi connectivity index (χ0) is 25.1. The van der Waals surface area contributed by atoms with Crippen LogP contribution in [-0.4, -0.2) is 25.0 Å². The third-order valence-electron chi connectivity index (χ3n) is 7.24. The molecule has 1 aliphatic carbocycles. The summed E-state index contributed by atoms with van der Waals surface area (Å²) < 4.78 is 11.0. The minimum absolute atomic E-state index is 0.0733. The van der Waals surface area contributed by atoms with Crippen molar-refractivity contribution in [3.05, 3.63) is 87.8 Å². The van der Waals surface area contributed by atoms with Gasteiger partial charge in [-0.25, -0.2) is 4.79 Å². The predicted octanol–water partition coefficient (Wildman–Crippen LogP) is 5.96. The SMILES string of the molecule is CCc1ccc([C@@H]2C(C(=O)O[C@@H](C)CC)=C(C)NC3=C2C(=O)C[C@@H](c2ccc(OC)cc2)C3)cc1. The van der Waals surface area contributed by atoms with E-state index >= 15 is 0 Å². The van der Waals surface area contributed by atoms with Crippen LogP contribution in [0.3, 0.4) is 0 Å². The summed E-state index contributed by atoms with van der Waals surface area (Å²) in [5, 5.41) is 3.43. The monoisotopic (exact) mass is 473 g/mol. The van der Waals surface area contributed by atoms with E-state index in [0.717, 1.165) is 41.1 Å². The summed E-state index contributed by atoms with van der Waals surface area (Å²) in [5.41, 5.74) is 6.16. The second-order valence-corrected chi connectivity index (χ2v) is 9.51. The van der Waals surface area contributed by atoms with E-state index in [1.54, 1.807) is 7.11 Å². The van der Waals surface area contributed by atoms with Gasteiger partial charge in [0.2, 0.25) is 0 Å². The van der Waals surface area contributed by atoms with Gasteiger partial charge in [0.05, 0.1) is 18.8 Å². The first kappa shape index (κ1) is 24.8. The van der Waals surface area contributed by atoms with Gasteiger partial charge in [-0.2, -0.15) is 0 Å². The van der Waals surface area contributed by atoms with E-state index in [0.29, 0.717) is 24.0 Å². The molecule has 0 unspecified atom stereocenters. The molecule has 0 amide bonds. The molecule has 0 aromatic heterocycles. The van der Waals surface area contributed by atoms with Crippen molar-refractivity contribution in [2.24, 2.45) is 0 Å². The van der Waals surface area contributed by atoms with Gasteiger partial charge in [-0.1, -0.05) is 50.2 Å². The highest BCUT2D eigenvalue weighted by molar-refractivity contribution is 6.04.